The molecule has 1 unspecified atom stereocenters. The lowest BCUT2D eigenvalue weighted by molar-refractivity contribution is 0.0736. The third-order valence-corrected chi connectivity index (χ3v) is 3.70. The predicted molar refractivity (Wildman–Crippen MR) is 63.4 cm³/mol. The van der Waals surface area contributed by atoms with E-state index in [9.17, 15) is 0 Å². The second-order valence-corrected chi connectivity index (χ2v) is 5.67. The molecule has 1 rings (SSSR count). The minimum Gasteiger partial charge on any atom is -0.306 e. The Bertz CT molecular complexity index is 157. The number of hydrogen-bond donors (Lipinski definition) is 0. The van der Waals surface area contributed by atoms with Crippen LogP contribution >= 0.6 is 0 Å². The van der Waals surface area contributed by atoms with E-state index in [-0.39, 0.29) is 0 Å². The molecule has 0 heterocycles. The molecule has 0 aromatic carbocycles. The van der Waals surface area contributed by atoms with Crippen molar-refractivity contribution in [3.63, 3.8) is 0 Å². The highest BCUT2D eigenvalue weighted by Gasteiger charge is 2.34. The minimum absolute atomic E-state index is 0.832. The van der Waals surface area contributed by atoms with Crippen molar-refractivity contribution in [2.24, 2.45) is 17.8 Å². The Kier molecular flexibility index (Phi) is 4.43. The topological polar surface area (TPSA) is 3.24 Å². The highest BCUT2D eigenvalue weighted by molar-refractivity contribution is 4.87. The zero-order valence-electron chi connectivity index (χ0n) is 10.6. The van der Waals surface area contributed by atoms with E-state index in [1.807, 2.05) is 0 Å². The molecule has 84 valence electrons. The maximum Gasteiger partial charge on any atom is 0.0115 e. The third-order valence-electron chi connectivity index (χ3n) is 3.70. The fourth-order valence-corrected chi connectivity index (χ4v) is 3.08. The van der Waals surface area contributed by atoms with Crippen molar-refractivity contribution in [1.29, 1.82) is 0 Å². The molecule has 1 saturated carbocycles. The van der Waals surface area contributed by atoms with Crippen LogP contribution in [0.5, 0.6) is 0 Å². The third kappa shape index (κ3) is 2.98. The molecule has 0 aromatic rings. The fourth-order valence-electron chi connectivity index (χ4n) is 3.08. The zero-order chi connectivity index (χ0) is 10.7. The van der Waals surface area contributed by atoms with Gasteiger partial charge in [-0.25, -0.2) is 0 Å². The van der Waals surface area contributed by atoms with Crippen LogP contribution in [0.3, 0.4) is 0 Å². The molecule has 0 spiro atoms. The second-order valence-electron chi connectivity index (χ2n) is 5.67. The van der Waals surface area contributed by atoms with Gasteiger partial charge >= 0.3 is 0 Å². The van der Waals surface area contributed by atoms with Crippen molar-refractivity contribution in [1.82, 2.24) is 4.90 Å². The highest BCUT2D eigenvalue weighted by atomic mass is 15.1. The summed E-state index contributed by atoms with van der Waals surface area (Å²) in [5, 5.41) is 0. The molecule has 0 aromatic heterocycles. The lowest BCUT2D eigenvalue weighted by Crippen LogP contribution is -2.42. The molecule has 1 aliphatic rings. The van der Waals surface area contributed by atoms with Crippen LogP contribution in [0, 0.1) is 17.8 Å². The van der Waals surface area contributed by atoms with Crippen molar-refractivity contribution in [2.75, 3.05) is 14.1 Å². The van der Waals surface area contributed by atoms with Gasteiger partial charge in [-0.3, -0.25) is 0 Å². The Morgan fingerprint density at radius 3 is 2.14 bits per heavy atom. The number of nitrogens with zero attached hydrogens (tertiary/aromatic N) is 1. The normalized spacial score (nSPS) is 29.4. The first-order chi connectivity index (χ1) is 6.54. The summed E-state index contributed by atoms with van der Waals surface area (Å²) in [6.07, 6.45) is 5.72. The van der Waals surface area contributed by atoms with Gasteiger partial charge in [0.1, 0.15) is 0 Å². The van der Waals surface area contributed by atoms with Crippen LogP contribution in [0.15, 0.2) is 0 Å². The summed E-state index contributed by atoms with van der Waals surface area (Å²) in [6.45, 7) is 7.01. The van der Waals surface area contributed by atoms with Gasteiger partial charge in [-0.2, -0.15) is 0 Å². The van der Waals surface area contributed by atoms with Crippen LogP contribution in [-0.4, -0.2) is 25.0 Å². The standard InChI is InChI=1S/C13H27N/c1-6-13(14(4)5)12-8-11(9-12)7-10(2)3/h10-13H,6-9H2,1-5H3. The quantitative estimate of drug-likeness (QED) is 0.653. The van der Waals surface area contributed by atoms with Gasteiger partial charge in [0.15, 0.2) is 0 Å². The summed E-state index contributed by atoms with van der Waals surface area (Å²) < 4.78 is 0. The summed E-state index contributed by atoms with van der Waals surface area (Å²) >= 11 is 0. The van der Waals surface area contributed by atoms with Crippen LogP contribution in [0.1, 0.15) is 46.5 Å². The van der Waals surface area contributed by atoms with Crippen molar-refractivity contribution < 1.29 is 0 Å². The van der Waals surface area contributed by atoms with E-state index in [4.69, 9.17) is 0 Å². The van der Waals surface area contributed by atoms with Crippen LogP contribution in [-0.2, 0) is 0 Å². The lowest BCUT2D eigenvalue weighted by Gasteiger charge is -2.43. The maximum atomic E-state index is 2.41. The molecule has 0 N–H and O–H groups in total. The van der Waals surface area contributed by atoms with Crippen LogP contribution in [0.2, 0.25) is 0 Å². The Labute approximate surface area is 89.9 Å². The van der Waals surface area contributed by atoms with Crippen LogP contribution in [0.4, 0.5) is 0 Å². The van der Waals surface area contributed by atoms with E-state index in [1.165, 1.54) is 25.7 Å². The fraction of sp³-hybridized carbons (Fsp3) is 1.00. The first-order valence-corrected chi connectivity index (χ1v) is 6.21. The van der Waals surface area contributed by atoms with E-state index >= 15 is 0 Å². The molecular formula is C13H27N. The van der Waals surface area contributed by atoms with Gasteiger partial charge in [-0.15, -0.1) is 0 Å². The number of hydrogen-bond acceptors (Lipinski definition) is 1. The molecule has 14 heavy (non-hydrogen) atoms. The summed E-state index contributed by atoms with van der Waals surface area (Å²) in [5.41, 5.74) is 0. The molecule has 0 amide bonds. The van der Waals surface area contributed by atoms with Crippen molar-refractivity contribution in [3.8, 4) is 0 Å². The second kappa shape index (κ2) is 5.16. The summed E-state index contributed by atoms with van der Waals surface area (Å²) in [7, 11) is 4.45. The molecular weight excluding hydrogens is 170 g/mol. The van der Waals surface area contributed by atoms with Gasteiger partial charge in [-0.05, 0) is 57.5 Å². The average Bonchev–Trinajstić information content (AvgIpc) is 1.99. The molecule has 1 heteroatoms. The Morgan fingerprint density at radius 1 is 1.21 bits per heavy atom. The van der Waals surface area contributed by atoms with Crippen LogP contribution < -0.4 is 0 Å². The molecule has 1 aliphatic carbocycles. The SMILES string of the molecule is CCC(C1CC(CC(C)C)C1)N(C)C. The molecule has 0 aliphatic heterocycles. The molecule has 0 saturated heterocycles. The van der Waals surface area contributed by atoms with Crippen molar-refractivity contribution in [3.05, 3.63) is 0 Å². The molecule has 0 bridgehead atoms. The first kappa shape index (κ1) is 12.0. The molecule has 1 fully saturated rings. The summed E-state index contributed by atoms with van der Waals surface area (Å²) in [4.78, 5) is 2.41. The van der Waals surface area contributed by atoms with Crippen molar-refractivity contribution in [2.45, 2.75) is 52.5 Å². The van der Waals surface area contributed by atoms with E-state index in [0.717, 1.165) is 23.8 Å². The molecule has 1 atom stereocenters. The summed E-state index contributed by atoms with van der Waals surface area (Å²) in [5.74, 6) is 2.91. The zero-order valence-corrected chi connectivity index (χ0v) is 10.6. The number of rotatable bonds is 5. The molecule has 0 radical (unpaired) electrons. The average molecular weight is 197 g/mol. The van der Waals surface area contributed by atoms with Gasteiger partial charge in [0.05, 0.1) is 0 Å². The summed E-state index contributed by atoms with van der Waals surface area (Å²) in [6, 6.07) is 0.832. The maximum absolute atomic E-state index is 2.41. The van der Waals surface area contributed by atoms with Gasteiger partial charge in [0.25, 0.3) is 0 Å². The lowest BCUT2D eigenvalue weighted by atomic mass is 9.67. The van der Waals surface area contributed by atoms with E-state index in [0.29, 0.717) is 0 Å². The smallest absolute Gasteiger partial charge is 0.0115 e. The molecule has 1 nitrogen and oxygen atoms in total. The van der Waals surface area contributed by atoms with E-state index in [2.05, 4.69) is 39.8 Å². The van der Waals surface area contributed by atoms with Gasteiger partial charge in [0.2, 0.25) is 0 Å². The van der Waals surface area contributed by atoms with Crippen LogP contribution in [0.25, 0.3) is 0 Å². The van der Waals surface area contributed by atoms with E-state index in [1.54, 1.807) is 0 Å². The monoisotopic (exact) mass is 197 g/mol. The Hall–Kier alpha value is -0.0400. The van der Waals surface area contributed by atoms with Gasteiger partial charge in [0, 0.05) is 6.04 Å². The van der Waals surface area contributed by atoms with Gasteiger partial charge < -0.3 is 4.90 Å². The largest absolute Gasteiger partial charge is 0.306 e. The Balaban J connectivity index is 2.25. The van der Waals surface area contributed by atoms with Crippen molar-refractivity contribution >= 4 is 0 Å². The minimum atomic E-state index is 0.832. The highest BCUT2D eigenvalue weighted by Crippen LogP contribution is 2.41. The van der Waals surface area contributed by atoms with E-state index < -0.39 is 0 Å². The van der Waals surface area contributed by atoms with Gasteiger partial charge in [-0.1, -0.05) is 20.8 Å². The first-order valence-electron chi connectivity index (χ1n) is 6.21. The predicted octanol–water partition coefficient (Wildman–Crippen LogP) is 3.40. The Morgan fingerprint density at radius 2 is 1.79 bits per heavy atom.